The number of nitrogens with zero attached hydrogens (tertiary/aromatic N) is 2. The summed E-state index contributed by atoms with van der Waals surface area (Å²) in [5.74, 6) is -1.80. The largest absolute Gasteiger partial charge is 0.362 e. The van der Waals surface area contributed by atoms with Crippen molar-refractivity contribution in [3.63, 3.8) is 0 Å². The second kappa shape index (κ2) is 7.08. The lowest BCUT2D eigenvalue weighted by Gasteiger charge is -2.19. The van der Waals surface area contributed by atoms with Crippen LogP contribution in [0, 0.1) is 18.6 Å². The zero-order valence-corrected chi connectivity index (χ0v) is 15.4. The maximum Gasteiger partial charge on any atom is 0.243 e. The highest BCUT2D eigenvalue weighted by atomic mass is 32.1. The first-order valence-corrected chi connectivity index (χ1v) is 9.43. The van der Waals surface area contributed by atoms with Gasteiger partial charge in [-0.05, 0) is 43.2 Å². The van der Waals surface area contributed by atoms with Gasteiger partial charge in [-0.25, -0.2) is 13.8 Å². The van der Waals surface area contributed by atoms with Crippen LogP contribution in [0.15, 0.2) is 41.8 Å². The fraction of sp³-hybridized carbons (Fsp3) is 0.200. The maximum absolute atomic E-state index is 13.7. The van der Waals surface area contributed by atoms with Gasteiger partial charge in [-0.1, -0.05) is 6.07 Å². The molecule has 27 heavy (non-hydrogen) atoms. The number of anilines is 2. The quantitative estimate of drug-likeness (QED) is 0.724. The molecule has 0 aliphatic carbocycles. The molecule has 1 aliphatic heterocycles. The lowest BCUT2D eigenvalue weighted by Crippen LogP contribution is -2.32. The molecule has 0 spiro atoms. The number of amides is 1. The van der Waals surface area contributed by atoms with E-state index in [1.54, 1.807) is 11.3 Å². The van der Waals surface area contributed by atoms with E-state index in [1.807, 2.05) is 29.3 Å². The zero-order chi connectivity index (χ0) is 19.0. The van der Waals surface area contributed by atoms with E-state index in [-0.39, 0.29) is 18.1 Å². The number of nitrogens with one attached hydrogen (secondary N) is 1. The van der Waals surface area contributed by atoms with E-state index in [9.17, 15) is 13.6 Å². The Kier molecular flexibility index (Phi) is 4.61. The van der Waals surface area contributed by atoms with Crippen LogP contribution in [0.3, 0.4) is 0 Å². The highest BCUT2D eigenvalue weighted by Gasteiger charge is 2.22. The van der Waals surface area contributed by atoms with Gasteiger partial charge in [0.1, 0.15) is 11.6 Å². The molecule has 1 aromatic heterocycles. The Bertz CT molecular complexity index is 1020. The number of carbonyl (C=O) groups excluding carboxylic acids is 1. The Morgan fingerprint density at radius 2 is 2.11 bits per heavy atom. The molecule has 0 saturated carbocycles. The predicted octanol–water partition coefficient (Wildman–Crippen LogP) is 4.40. The van der Waals surface area contributed by atoms with Crippen LogP contribution in [0.1, 0.15) is 10.6 Å². The van der Waals surface area contributed by atoms with Gasteiger partial charge in [-0.3, -0.25) is 4.79 Å². The third-order valence-electron chi connectivity index (χ3n) is 4.53. The summed E-state index contributed by atoms with van der Waals surface area (Å²) < 4.78 is 26.7. The van der Waals surface area contributed by atoms with Crippen molar-refractivity contribution in [2.24, 2.45) is 0 Å². The number of hydrogen-bond donors (Lipinski definition) is 1. The molecule has 1 amide bonds. The van der Waals surface area contributed by atoms with Crippen LogP contribution in [0.2, 0.25) is 0 Å². The smallest absolute Gasteiger partial charge is 0.243 e. The Balaban J connectivity index is 1.47. The topological polar surface area (TPSA) is 45.2 Å². The number of rotatable bonds is 4. The summed E-state index contributed by atoms with van der Waals surface area (Å²) in [6, 6.07) is 9.21. The van der Waals surface area contributed by atoms with Crippen molar-refractivity contribution in [2.75, 3.05) is 23.3 Å². The number of benzene rings is 2. The highest BCUT2D eigenvalue weighted by Crippen LogP contribution is 2.32. The first-order chi connectivity index (χ1) is 13.0. The normalized spacial score (nSPS) is 12.9. The Morgan fingerprint density at radius 3 is 2.85 bits per heavy atom. The molecule has 0 saturated heterocycles. The summed E-state index contributed by atoms with van der Waals surface area (Å²) in [5, 5.41) is 5.57. The molecule has 4 rings (SSSR count). The van der Waals surface area contributed by atoms with Gasteiger partial charge in [-0.2, -0.15) is 0 Å². The van der Waals surface area contributed by atoms with Gasteiger partial charge >= 0.3 is 0 Å². The Hall–Kier alpha value is -2.80. The van der Waals surface area contributed by atoms with E-state index < -0.39 is 11.6 Å². The summed E-state index contributed by atoms with van der Waals surface area (Å²) in [5.41, 5.74) is 4.18. The molecule has 3 aromatic rings. The van der Waals surface area contributed by atoms with Gasteiger partial charge in [0.2, 0.25) is 5.91 Å². The summed E-state index contributed by atoms with van der Waals surface area (Å²) in [6.45, 7) is 2.80. The molecular formula is C20H17F2N3OS. The van der Waals surface area contributed by atoms with E-state index in [0.29, 0.717) is 6.54 Å². The number of carbonyl (C=O) groups is 1. The summed E-state index contributed by atoms with van der Waals surface area (Å²) in [6.07, 6.45) is 0.838. The molecule has 2 aromatic carbocycles. The van der Waals surface area contributed by atoms with Gasteiger partial charge in [0.25, 0.3) is 0 Å². The molecule has 0 bridgehead atoms. The number of hydrogen-bond acceptors (Lipinski definition) is 4. The zero-order valence-electron chi connectivity index (χ0n) is 14.6. The second-order valence-corrected chi connectivity index (χ2v) is 7.50. The summed E-state index contributed by atoms with van der Waals surface area (Å²) in [7, 11) is 0. The SMILES string of the molecule is Cc1nc(-c2ccc3c(c2)CCN3CC(=O)Nc2ccc(F)cc2F)cs1. The number of aromatic nitrogens is 1. The minimum atomic E-state index is -0.784. The molecule has 1 N–H and O–H groups in total. The van der Waals surface area contributed by atoms with E-state index in [0.717, 1.165) is 40.5 Å². The van der Waals surface area contributed by atoms with Crippen molar-refractivity contribution >= 4 is 28.6 Å². The van der Waals surface area contributed by atoms with Crippen LogP contribution in [-0.4, -0.2) is 24.0 Å². The Morgan fingerprint density at radius 1 is 1.26 bits per heavy atom. The van der Waals surface area contributed by atoms with Crippen molar-refractivity contribution in [1.29, 1.82) is 0 Å². The van der Waals surface area contributed by atoms with Gasteiger partial charge < -0.3 is 10.2 Å². The van der Waals surface area contributed by atoms with Gasteiger partial charge in [0.05, 0.1) is 22.9 Å². The molecular weight excluding hydrogens is 368 g/mol. The lowest BCUT2D eigenvalue weighted by atomic mass is 10.1. The van der Waals surface area contributed by atoms with E-state index >= 15 is 0 Å². The standard InChI is InChI=1S/C20H17F2N3OS/c1-12-23-18(11-27-12)13-2-5-19-14(8-13)6-7-25(19)10-20(26)24-17-4-3-15(21)9-16(17)22/h2-5,8-9,11H,6-7,10H2,1H3,(H,24,26). The third kappa shape index (κ3) is 3.68. The number of fused-ring (bicyclic) bond motifs is 1. The molecule has 0 fully saturated rings. The minimum absolute atomic E-state index is 0.0185. The third-order valence-corrected chi connectivity index (χ3v) is 5.30. The van der Waals surface area contributed by atoms with E-state index in [2.05, 4.69) is 16.4 Å². The summed E-state index contributed by atoms with van der Waals surface area (Å²) >= 11 is 1.62. The average Bonchev–Trinajstić information content (AvgIpc) is 3.23. The monoisotopic (exact) mass is 385 g/mol. The predicted molar refractivity (Wildman–Crippen MR) is 103 cm³/mol. The fourth-order valence-electron chi connectivity index (χ4n) is 3.24. The van der Waals surface area contributed by atoms with E-state index in [4.69, 9.17) is 0 Å². The van der Waals surface area contributed by atoms with Crippen LogP contribution in [0.5, 0.6) is 0 Å². The molecule has 2 heterocycles. The number of halogens is 2. The molecule has 4 nitrogen and oxygen atoms in total. The van der Waals surface area contributed by atoms with Crippen LogP contribution in [0.25, 0.3) is 11.3 Å². The first kappa shape index (κ1) is 17.6. The molecule has 0 atom stereocenters. The minimum Gasteiger partial charge on any atom is -0.362 e. The average molecular weight is 385 g/mol. The van der Waals surface area contributed by atoms with Crippen LogP contribution >= 0.6 is 11.3 Å². The van der Waals surface area contributed by atoms with Crippen LogP contribution in [0.4, 0.5) is 20.2 Å². The Labute approximate surface area is 159 Å². The highest BCUT2D eigenvalue weighted by molar-refractivity contribution is 7.09. The van der Waals surface area contributed by atoms with Crippen molar-refractivity contribution in [3.8, 4) is 11.3 Å². The molecule has 7 heteroatoms. The fourth-order valence-corrected chi connectivity index (χ4v) is 3.87. The van der Waals surface area contributed by atoms with Crippen LogP contribution in [-0.2, 0) is 11.2 Å². The van der Waals surface area contributed by atoms with Crippen molar-refractivity contribution < 1.29 is 13.6 Å². The van der Waals surface area contributed by atoms with Crippen molar-refractivity contribution in [3.05, 3.63) is 64.0 Å². The van der Waals surface area contributed by atoms with Gasteiger partial charge in [0, 0.05) is 29.2 Å². The van der Waals surface area contributed by atoms with Gasteiger partial charge in [-0.15, -0.1) is 11.3 Å². The maximum atomic E-state index is 13.7. The molecule has 138 valence electrons. The van der Waals surface area contributed by atoms with Crippen molar-refractivity contribution in [2.45, 2.75) is 13.3 Å². The van der Waals surface area contributed by atoms with E-state index in [1.165, 1.54) is 11.6 Å². The molecule has 1 aliphatic rings. The summed E-state index contributed by atoms with van der Waals surface area (Å²) in [4.78, 5) is 18.8. The first-order valence-electron chi connectivity index (χ1n) is 8.55. The number of aryl methyl sites for hydroxylation is 1. The number of thiazole rings is 1. The van der Waals surface area contributed by atoms with Crippen molar-refractivity contribution in [1.82, 2.24) is 4.98 Å². The molecule has 0 unspecified atom stereocenters. The lowest BCUT2D eigenvalue weighted by molar-refractivity contribution is -0.115. The van der Waals surface area contributed by atoms with Gasteiger partial charge in [0.15, 0.2) is 0 Å². The second-order valence-electron chi connectivity index (χ2n) is 6.44. The van der Waals surface area contributed by atoms with Crippen LogP contribution < -0.4 is 10.2 Å². The molecule has 0 radical (unpaired) electrons.